The van der Waals surface area contributed by atoms with E-state index in [1.54, 1.807) is 0 Å². The summed E-state index contributed by atoms with van der Waals surface area (Å²) in [4.78, 5) is 0. The minimum Gasteiger partial charge on any atom is -0.379 e. The van der Waals surface area contributed by atoms with Crippen LogP contribution in [0.3, 0.4) is 0 Å². The number of halogens is 1. The van der Waals surface area contributed by atoms with Gasteiger partial charge in [-0.2, -0.15) is 0 Å². The van der Waals surface area contributed by atoms with Crippen molar-refractivity contribution in [1.82, 2.24) is 0 Å². The van der Waals surface area contributed by atoms with Crippen LogP contribution >= 0.6 is 22.6 Å². The molecular formula is C10H22INO2. The first kappa shape index (κ1) is 14.6. The molecule has 0 spiro atoms. The van der Waals surface area contributed by atoms with E-state index in [-0.39, 0.29) is 0 Å². The molecule has 0 unspecified atom stereocenters. The fourth-order valence-corrected chi connectivity index (χ4v) is 1.60. The summed E-state index contributed by atoms with van der Waals surface area (Å²) in [6.45, 7) is 3.47. The van der Waals surface area contributed by atoms with Crippen molar-refractivity contribution in [3.8, 4) is 0 Å². The smallest absolute Gasteiger partial charge is 0.0701 e. The largest absolute Gasteiger partial charge is 0.379 e. The maximum absolute atomic E-state index is 5.39. The predicted octanol–water partition coefficient (Wildman–Crippen LogP) is 1.97. The second-order valence-electron chi connectivity index (χ2n) is 3.12. The first-order valence-corrected chi connectivity index (χ1v) is 6.86. The van der Waals surface area contributed by atoms with Gasteiger partial charge in [0.1, 0.15) is 0 Å². The zero-order chi connectivity index (χ0) is 10.5. The Balaban J connectivity index is 2.78. The average Bonchev–Trinajstić information content (AvgIpc) is 2.21. The molecule has 0 aromatic carbocycles. The topological polar surface area (TPSA) is 44.5 Å². The number of rotatable bonds is 11. The van der Waals surface area contributed by atoms with Gasteiger partial charge in [0.05, 0.1) is 19.8 Å². The fraction of sp³-hybridized carbons (Fsp3) is 1.00. The Morgan fingerprint density at radius 3 is 2.07 bits per heavy atom. The fourth-order valence-electron chi connectivity index (χ4n) is 1.06. The normalized spacial score (nSPS) is 10.7. The van der Waals surface area contributed by atoms with E-state index in [9.17, 15) is 0 Å². The van der Waals surface area contributed by atoms with E-state index in [0.29, 0.717) is 26.4 Å². The lowest BCUT2D eigenvalue weighted by Gasteiger charge is -2.04. The Morgan fingerprint density at radius 1 is 0.786 bits per heavy atom. The molecule has 0 aliphatic heterocycles. The van der Waals surface area contributed by atoms with Gasteiger partial charge in [-0.3, -0.25) is 0 Å². The second kappa shape index (κ2) is 13.6. The highest BCUT2D eigenvalue weighted by molar-refractivity contribution is 14.1. The summed E-state index contributed by atoms with van der Waals surface area (Å²) in [6, 6.07) is 0. The van der Waals surface area contributed by atoms with Crippen LogP contribution in [-0.2, 0) is 9.47 Å². The molecular weight excluding hydrogens is 293 g/mol. The molecule has 0 radical (unpaired) electrons. The SMILES string of the molecule is NCCOCCOCCCCCCI. The summed E-state index contributed by atoms with van der Waals surface area (Å²) >= 11 is 2.42. The van der Waals surface area contributed by atoms with Gasteiger partial charge in [0.15, 0.2) is 0 Å². The van der Waals surface area contributed by atoms with Crippen molar-refractivity contribution in [2.75, 3.05) is 37.4 Å². The Kier molecular flexibility index (Phi) is 14.2. The van der Waals surface area contributed by atoms with Gasteiger partial charge in [-0.1, -0.05) is 35.4 Å². The molecule has 3 nitrogen and oxygen atoms in total. The highest BCUT2D eigenvalue weighted by atomic mass is 127. The lowest BCUT2D eigenvalue weighted by Crippen LogP contribution is -2.12. The maximum Gasteiger partial charge on any atom is 0.0701 e. The molecule has 0 aromatic heterocycles. The molecule has 0 bridgehead atoms. The third-order valence-corrected chi connectivity index (χ3v) is 2.57. The van der Waals surface area contributed by atoms with Crippen LogP contribution in [-0.4, -0.2) is 37.4 Å². The maximum atomic E-state index is 5.39. The van der Waals surface area contributed by atoms with Crippen LogP contribution in [0.25, 0.3) is 0 Å². The molecule has 0 amide bonds. The first-order valence-electron chi connectivity index (χ1n) is 5.33. The van der Waals surface area contributed by atoms with Gasteiger partial charge in [0, 0.05) is 13.2 Å². The van der Waals surface area contributed by atoms with Gasteiger partial charge in [-0.15, -0.1) is 0 Å². The second-order valence-corrected chi connectivity index (χ2v) is 4.20. The third-order valence-electron chi connectivity index (χ3n) is 1.81. The number of alkyl halides is 1. The van der Waals surface area contributed by atoms with E-state index in [1.165, 1.54) is 30.1 Å². The molecule has 0 rings (SSSR count). The highest BCUT2D eigenvalue weighted by Gasteiger charge is 1.91. The number of unbranched alkanes of at least 4 members (excludes halogenated alkanes) is 3. The Hall–Kier alpha value is 0.610. The molecule has 14 heavy (non-hydrogen) atoms. The van der Waals surface area contributed by atoms with E-state index in [1.807, 2.05) is 0 Å². The Morgan fingerprint density at radius 2 is 1.43 bits per heavy atom. The molecule has 0 aliphatic carbocycles. The van der Waals surface area contributed by atoms with Gasteiger partial charge in [0.2, 0.25) is 0 Å². The lowest BCUT2D eigenvalue weighted by atomic mass is 10.2. The van der Waals surface area contributed by atoms with Crippen LogP contribution < -0.4 is 5.73 Å². The van der Waals surface area contributed by atoms with Gasteiger partial charge in [0.25, 0.3) is 0 Å². The molecule has 2 N–H and O–H groups in total. The van der Waals surface area contributed by atoms with Crippen molar-refractivity contribution in [1.29, 1.82) is 0 Å². The van der Waals surface area contributed by atoms with E-state index in [4.69, 9.17) is 15.2 Å². The summed E-state index contributed by atoms with van der Waals surface area (Å²) in [6.07, 6.45) is 5.12. The molecule has 0 aromatic rings. The van der Waals surface area contributed by atoms with Gasteiger partial charge in [-0.05, 0) is 17.3 Å². The Bertz CT molecular complexity index is 92.1. The Labute approximate surface area is 101 Å². The minimum atomic E-state index is 0.594. The van der Waals surface area contributed by atoms with E-state index < -0.39 is 0 Å². The zero-order valence-electron chi connectivity index (χ0n) is 8.84. The molecule has 0 saturated heterocycles. The van der Waals surface area contributed by atoms with Crippen molar-refractivity contribution in [2.45, 2.75) is 25.7 Å². The summed E-state index contributed by atoms with van der Waals surface area (Å²) in [5.74, 6) is 0. The molecule has 0 atom stereocenters. The van der Waals surface area contributed by atoms with Crippen molar-refractivity contribution in [3.63, 3.8) is 0 Å². The number of nitrogens with two attached hydrogens (primary N) is 1. The molecule has 0 aliphatic rings. The summed E-state index contributed by atoms with van der Waals surface area (Å²) in [5, 5.41) is 0. The number of hydrogen-bond donors (Lipinski definition) is 1. The van der Waals surface area contributed by atoms with Crippen LogP contribution in [0.2, 0.25) is 0 Å². The van der Waals surface area contributed by atoms with Crippen molar-refractivity contribution >= 4 is 22.6 Å². The molecule has 86 valence electrons. The van der Waals surface area contributed by atoms with Crippen molar-refractivity contribution < 1.29 is 9.47 Å². The summed E-state index contributed by atoms with van der Waals surface area (Å²) in [7, 11) is 0. The first-order chi connectivity index (χ1) is 6.91. The summed E-state index contributed by atoms with van der Waals surface area (Å²) < 4.78 is 11.8. The third kappa shape index (κ3) is 12.6. The average molecular weight is 315 g/mol. The molecule has 0 saturated carbocycles. The van der Waals surface area contributed by atoms with Crippen LogP contribution in [0.15, 0.2) is 0 Å². The standard InChI is InChI=1S/C10H22INO2/c11-5-3-1-2-4-7-13-9-10-14-8-6-12/h1-10,12H2. The molecule has 0 fully saturated rings. The van der Waals surface area contributed by atoms with E-state index in [2.05, 4.69) is 22.6 Å². The van der Waals surface area contributed by atoms with Crippen LogP contribution in [0.5, 0.6) is 0 Å². The lowest BCUT2D eigenvalue weighted by molar-refractivity contribution is 0.0492. The number of ether oxygens (including phenoxy) is 2. The van der Waals surface area contributed by atoms with Crippen LogP contribution in [0.4, 0.5) is 0 Å². The van der Waals surface area contributed by atoms with Crippen LogP contribution in [0.1, 0.15) is 25.7 Å². The van der Waals surface area contributed by atoms with Crippen LogP contribution in [0, 0.1) is 0 Å². The van der Waals surface area contributed by atoms with Crippen molar-refractivity contribution in [2.24, 2.45) is 5.73 Å². The van der Waals surface area contributed by atoms with E-state index >= 15 is 0 Å². The monoisotopic (exact) mass is 315 g/mol. The zero-order valence-corrected chi connectivity index (χ0v) is 11.0. The van der Waals surface area contributed by atoms with Crippen molar-refractivity contribution in [3.05, 3.63) is 0 Å². The number of hydrogen-bond acceptors (Lipinski definition) is 3. The highest BCUT2D eigenvalue weighted by Crippen LogP contribution is 2.02. The van der Waals surface area contributed by atoms with Gasteiger partial charge >= 0.3 is 0 Å². The molecule has 0 heterocycles. The predicted molar refractivity (Wildman–Crippen MR) is 68.0 cm³/mol. The molecule has 4 heteroatoms. The van der Waals surface area contributed by atoms with Gasteiger partial charge in [-0.25, -0.2) is 0 Å². The summed E-state index contributed by atoms with van der Waals surface area (Å²) in [5.41, 5.74) is 5.27. The quantitative estimate of drug-likeness (QED) is 0.360. The van der Waals surface area contributed by atoms with Gasteiger partial charge < -0.3 is 15.2 Å². The van der Waals surface area contributed by atoms with E-state index in [0.717, 1.165) is 6.61 Å². The minimum absolute atomic E-state index is 0.594.